The smallest absolute Gasteiger partial charge is 0.305 e. The predicted molar refractivity (Wildman–Crippen MR) is 66.5 cm³/mol. The maximum Gasteiger partial charge on any atom is 0.305 e. The molecule has 0 aliphatic carbocycles. The highest BCUT2D eigenvalue weighted by atomic mass is 16.7. The lowest BCUT2D eigenvalue weighted by molar-refractivity contribution is -0.187. The highest BCUT2D eigenvalue weighted by Gasteiger charge is 2.26. The van der Waals surface area contributed by atoms with Crippen molar-refractivity contribution in [1.82, 2.24) is 9.55 Å². The number of ether oxygens (including phenoxy) is 2. The average Bonchev–Trinajstić information content (AvgIpc) is 2.40. The molecule has 2 heterocycles. The van der Waals surface area contributed by atoms with E-state index in [2.05, 4.69) is 4.98 Å². The summed E-state index contributed by atoms with van der Waals surface area (Å²) in [5.74, 6) is -0.133. The molecule has 19 heavy (non-hydrogen) atoms. The number of carbonyl (C=O) groups excluding carboxylic acids is 1. The standard InChI is InChI=1S/C13H12N2O4/c1-8(16)19-13-11-14-10-5-3-2-4-9(10)12(17)15(11)6-7-18-13/h2-5,13H,6-7H2,1H3. The first-order valence-corrected chi connectivity index (χ1v) is 5.95. The molecule has 0 spiro atoms. The maximum atomic E-state index is 12.3. The monoisotopic (exact) mass is 260 g/mol. The van der Waals surface area contributed by atoms with E-state index in [-0.39, 0.29) is 5.56 Å². The Hall–Kier alpha value is -2.21. The fourth-order valence-corrected chi connectivity index (χ4v) is 2.14. The lowest BCUT2D eigenvalue weighted by Crippen LogP contribution is -2.35. The van der Waals surface area contributed by atoms with Gasteiger partial charge in [-0.05, 0) is 12.1 Å². The van der Waals surface area contributed by atoms with Gasteiger partial charge in [-0.1, -0.05) is 12.1 Å². The molecule has 1 aliphatic heterocycles. The summed E-state index contributed by atoms with van der Waals surface area (Å²) in [5, 5.41) is 0.551. The van der Waals surface area contributed by atoms with E-state index in [9.17, 15) is 9.59 Å². The zero-order valence-electron chi connectivity index (χ0n) is 10.3. The van der Waals surface area contributed by atoms with Crippen molar-refractivity contribution >= 4 is 16.9 Å². The van der Waals surface area contributed by atoms with Gasteiger partial charge < -0.3 is 9.47 Å². The molecule has 1 aromatic carbocycles. The number of carbonyl (C=O) groups is 1. The van der Waals surface area contributed by atoms with E-state index >= 15 is 0 Å². The number of para-hydroxylation sites is 1. The lowest BCUT2D eigenvalue weighted by atomic mass is 10.2. The van der Waals surface area contributed by atoms with E-state index < -0.39 is 12.3 Å². The van der Waals surface area contributed by atoms with Gasteiger partial charge in [-0.3, -0.25) is 14.2 Å². The summed E-state index contributed by atoms with van der Waals surface area (Å²) in [6.07, 6.45) is -0.913. The summed E-state index contributed by atoms with van der Waals surface area (Å²) >= 11 is 0. The zero-order valence-corrected chi connectivity index (χ0v) is 10.3. The first-order chi connectivity index (χ1) is 9.16. The minimum absolute atomic E-state index is 0.138. The molecule has 3 rings (SSSR count). The SMILES string of the molecule is CC(=O)OC1OCCn2c1nc1ccccc1c2=O. The number of esters is 1. The molecule has 0 bridgehead atoms. The third-order valence-electron chi connectivity index (χ3n) is 2.96. The fraction of sp³-hybridized carbons (Fsp3) is 0.308. The molecule has 1 aliphatic rings. The number of hydrogen-bond acceptors (Lipinski definition) is 5. The van der Waals surface area contributed by atoms with Gasteiger partial charge >= 0.3 is 5.97 Å². The van der Waals surface area contributed by atoms with Crippen LogP contribution in [0.4, 0.5) is 0 Å². The first kappa shape index (κ1) is 11.9. The number of fused-ring (bicyclic) bond motifs is 2. The average molecular weight is 260 g/mol. The van der Waals surface area contributed by atoms with Crippen LogP contribution in [0.1, 0.15) is 19.0 Å². The Morgan fingerprint density at radius 2 is 2.26 bits per heavy atom. The van der Waals surface area contributed by atoms with Gasteiger partial charge in [0.15, 0.2) is 5.82 Å². The second-order valence-corrected chi connectivity index (χ2v) is 4.26. The Balaban J connectivity index is 2.21. The van der Waals surface area contributed by atoms with Gasteiger partial charge in [0.2, 0.25) is 0 Å². The van der Waals surface area contributed by atoms with Gasteiger partial charge in [0.1, 0.15) is 0 Å². The molecule has 6 heteroatoms. The third kappa shape index (κ3) is 2.00. The van der Waals surface area contributed by atoms with Gasteiger partial charge in [0.25, 0.3) is 11.8 Å². The van der Waals surface area contributed by atoms with Gasteiger partial charge in [0.05, 0.1) is 24.1 Å². The Morgan fingerprint density at radius 3 is 3.05 bits per heavy atom. The predicted octanol–water partition coefficient (Wildman–Crippen LogP) is 0.988. The zero-order chi connectivity index (χ0) is 13.4. The number of rotatable bonds is 1. The summed E-state index contributed by atoms with van der Waals surface area (Å²) in [6, 6.07) is 7.07. The number of hydrogen-bond donors (Lipinski definition) is 0. The van der Waals surface area contributed by atoms with E-state index in [1.54, 1.807) is 24.3 Å². The normalized spacial score (nSPS) is 18.1. The van der Waals surface area contributed by atoms with Crippen LogP contribution < -0.4 is 5.56 Å². The van der Waals surface area contributed by atoms with Gasteiger partial charge in [-0.25, -0.2) is 4.98 Å². The summed E-state index contributed by atoms with van der Waals surface area (Å²) in [5.41, 5.74) is 0.433. The van der Waals surface area contributed by atoms with Crippen molar-refractivity contribution in [2.45, 2.75) is 19.8 Å². The van der Waals surface area contributed by atoms with Gasteiger partial charge in [-0.15, -0.1) is 0 Å². The molecular weight excluding hydrogens is 248 g/mol. The van der Waals surface area contributed by atoms with E-state index in [1.165, 1.54) is 11.5 Å². The number of nitrogens with zero attached hydrogens (tertiary/aromatic N) is 2. The largest absolute Gasteiger partial charge is 0.428 e. The summed E-state index contributed by atoms with van der Waals surface area (Å²) < 4.78 is 11.9. The Labute approximate surface area is 108 Å². The Bertz CT molecular complexity index is 707. The minimum Gasteiger partial charge on any atom is -0.428 e. The molecule has 0 radical (unpaired) electrons. The molecule has 6 nitrogen and oxygen atoms in total. The molecule has 0 amide bonds. The van der Waals surface area contributed by atoms with E-state index in [0.29, 0.717) is 29.9 Å². The highest BCUT2D eigenvalue weighted by molar-refractivity contribution is 5.77. The Morgan fingerprint density at radius 1 is 1.47 bits per heavy atom. The van der Waals surface area contributed by atoms with Crippen molar-refractivity contribution in [2.75, 3.05) is 6.61 Å². The first-order valence-electron chi connectivity index (χ1n) is 5.95. The van der Waals surface area contributed by atoms with Crippen LogP contribution in [0.2, 0.25) is 0 Å². The van der Waals surface area contributed by atoms with Crippen LogP contribution in [-0.2, 0) is 20.8 Å². The van der Waals surface area contributed by atoms with Crippen LogP contribution in [0.25, 0.3) is 10.9 Å². The number of benzene rings is 1. The molecule has 1 atom stereocenters. The van der Waals surface area contributed by atoms with E-state index in [4.69, 9.17) is 9.47 Å². The molecular formula is C13H12N2O4. The van der Waals surface area contributed by atoms with Crippen LogP contribution in [0, 0.1) is 0 Å². The highest BCUT2D eigenvalue weighted by Crippen LogP contribution is 2.22. The van der Waals surface area contributed by atoms with Crippen molar-refractivity contribution in [3.05, 3.63) is 40.4 Å². The van der Waals surface area contributed by atoms with E-state index in [0.717, 1.165) is 0 Å². The Kier molecular flexibility index (Phi) is 2.79. The van der Waals surface area contributed by atoms with Gasteiger partial charge in [0, 0.05) is 6.92 Å². The lowest BCUT2D eigenvalue weighted by Gasteiger charge is -2.25. The van der Waals surface area contributed by atoms with Crippen molar-refractivity contribution < 1.29 is 14.3 Å². The van der Waals surface area contributed by atoms with Crippen LogP contribution in [0.5, 0.6) is 0 Å². The maximum absolute atomic E-state index is 12.3. The third-order valence-corrected chi connectivity index (χ3v) is 2.96. The van der Waals surface area contributed by atoms with Gasteiger partial charge in [-0.2, -0.15) is 0 Å². The molecule has 2 aromatic rings. The van der Waals surface area contributed by atoms with Crippen molar-refractivity contribution in [3.8, 4) is 0 Å². The molecule has 1 unspecified atom stereocenters. The number of aromatic nitrogens is 2. The molecule has 98 valence electrons. The van der Waals surface area contributed by atoms with E-state index in [1.807, 2.05) is 0 Å². The van der Waals surface area contributed by atoms with Crippen LogP contribution >= 0.6 is 0 Å². The second kappa shape index (κ2) is 4.47. The van der Waals surface area contributed by atoms with Crippen molar-refractivity contribution in [1.29, 1.82) is 0 Å². The molecule has 0 saturated carbocycles. The molecule has 0 fully saturated rings. The quantitative estimate of drug-likeness (QED) is 0.715. The summed E-state index contributed by atoms with van der Waals surface area (Å²) in [4.78, 5) is 27.8. The molecule has 0 saturated heterocycles. The van der Waals surface area contributed by atoms with Crippen molar-refractivity contribution in [3.63, 3.8) is 0 Å². The van der Waals surface area contributed by atoms with Crippen LogP contribution in [-0.4, -0.2) is 22.1 Å². The fourth-order valence-electron chi connectivity index (χ4n) is 2.14. The molecule has 0 N–H and O–H groups in total. The summed E-state index contributed by atoms with van der Waals surface area (Å²) in [6.45, 7) is 2.01. The van der Waals surface area contributed by atoms with Crippen molar-refractivity contribution in [2.24, 2.45) is 0 Å². The van der Waals surface area contributed by atoms with Crippen LogP contribution in [0.3, 0.4) is 0 Å². The minimum atomic E-state index is -0.913. The van der Waals surface area contributed by atoms with Crippen LogP contribution in [0.15, 0.2) is 29.1 Å². The second-order valence-electron chi connectivity index (χ2n) is 4.26. The molecule has 1 aromatic heterocycles. The topological polar surface area (TPSA) is 70.4 Å². The summed E-state index contributed by atoms with van der Waals surface area (Å²) in [7, 11) is 0.